The quantitative estimate of drug-likeness (QED) is 0.734. The number of nitrogens with zero attached hydrogens (tertiary/aromatic N) is 2. The minimum absolute atomic E-state index is 0.0303. The van der Waals surface area contributed by atoms with Crippen molar-refractivity contribution in [2.24, 2.45) is 0 Å². The van der Waals surface area contributed by atoms with E-state index < -0.39 is 45.8 Å². The molecule has 154 valence electrons. The molecule has 0 radical (unpaired) electrons. The Hall–Kier alpha value is -2.88. The SMILES string of the molecule is CN(C(=O)CN1C(=O)N[C@@](C)(c2cc3ccccc3o2)C1=O)[C@H]1CCS(=O)(=O)C1. The van der Waals surface area contributed by atoms with Gasteiger partial charge in [0.25, 0.3) is 5.91 Å². The third-order valence-corrected chi connectivity index (χ3v) is 7.39. The van der Waals surface area contributed by atoms with Crippen molar-refractivity contribution in [2.45, 2.75) is 24.9 Å². The Labute approximate surface area is 167 Å². The summed E-state index contributed by atoms with van der Waals surface area (Å²) >= 11 is 0. The number of hydrogen-bond donors (Lipinski definition) is 1. The van der Waals surface area contributed by atoms with Gasteiger partial charge in [0.2, 0.25) is 5.91 Å². The van der Waals surface area contributed by atoms with Crippen LogP contribution in [-0.4, -0.2) is 67.2 Å². The first-order valence-electron chi connectivity index (χ1n) is 9.20. The van der Waals surface area contributed by atoms with E-state index >= 15 is 0 Å². The monoisotopic (exact) mass is 419 g/mol. The maximum absolute atomic E-state index is 13.0. The summed E-state index contributed by atoms with van der Waals surface area (Å²) in [7, 11) is -1.67. The fourth-order valence-corrected chi connectivity index (χ4v) is 5.54. The molecule has 2 saturated heterocycles. The number of fused-ring (bicyclic) bond motifs is 1. The highest BCUT2D eigenvalue weighted by Crippen LogP contribution is 2.33. The van der Waals surface area contributed by atoms with Crippen LogP contribution >= 0.6 is 0 Å². The molecule has 4 rings (SSSR count). The molecule has 3 heterocycles. The average Bonchev–Trinajstić information content (AvgIpc) is 3.32. The van der Waals surface area contributed by atoms with Crippen molar-refractivity contribution in [3.63, 3.8) is 0 Å². The predicted octanol–water partition coefficient (Wildman–Crippen LogP) is 0.845. The largest absolute Gasteiger partial charge is 0.458 e. The van der Waals surface area contributed by atoms with Gasteiger partial charge >= 0.3 is 6.03 Å². The van der Waals surface area contributed by atoms with Crippen LogP contribution in [0.15, 0.2) is 34.7 Å². The summed E-state index contributed by atoms with van der Waals surface area (Å²) in [5.74, 6) is -0.886. The first-order valence-corrected chi connectivity index (χ1v) is 11.0. The second-order valence-corrected chi connectivity index (χ2v) is 9.89. The number of urea groups is 1. The van der Waals surface area contributed by atoms with Gasteiger partial charge in [0.15, 0.2) is 15.4 Å². The van der Waals surface area contributed by atoms with E-state index in [0.29, 0.717) is 12.0 Å². The Morgan fingerprint density at radius 3 is 2.72 bits per heavy atom. The number of hydrogen-bond acceptors (Lipinski definition) is 6. The lowest BCUT2D eigenvalue weighted by atomic mass is 9.99. The summed E-state index contributed by atoms with van der Waals surface area (Å²) in [6.45, 7) is 1.07. The minimum atomic E-state index is -3.16. The molecule has 9 nitrogen and oxygen atoms in total. The van der Waals surface area contributed by atoms with E-state index in [4.69, 9.17) is 4.42 Å². The molecule has 2 aromatic rings. The lowest BCUT2D eigenvalue weighted by molar-refractivity contribution is -0.139. The van der Waals surface area contributed by atoms with Crippen LogP contribution in [-0.2, 0) is 25.0 Å². The number of nitrogens with one attached hydrogen (secondary N) is 1. The summed E-state index contributed by atoms with van der Waals surface area (Å²) in [6, 6.07) is 7.77. The molecular formula is C19H21N3O6S. The van der Waals surface area contributed by atoms with Crippen molar-refractivity contribution in [1.82, 2.24) is 15.1 Å². The molecule has 1 aromatic heterocycles. The fourth-order valence-electron chi connectivity index (χ4n) is 3.77. The molecule has 0 saturated carbocycles. The highest BCUT2D eigenvalue weighted by Gasteiger charge is 2.52. The maximum atomic E-state index is 13.0. The van der Waals surface area contributed by atoms with E-state index in [1.54, 1.807) is 18.2 Å². The topological polar surface area (TPSA) is 117 Å². The summed E-state index contributed by atoms with van der Waals surface area (Å²) in [5, 5.41) is 3.41. The molecule has 2 fully saturated rings. The predicted molar refractivity (Wildman–Crippen MR) is 104 cm³/mol. The minimum Gasteiger partial charge on any atom is -0.458 e. The number of carbonyl (C=O) groups is 3. The van der Waals surface area contributed by atoms with Crippen molar-refractivity contribution in [2.75, 3.05) is 25.1 Å². The van der Waals surface area contributed by atoms with E-state index in [-0.39, 0.29) is 17.3 Å². The van der Waals surface area contributed by atoms with Gasteiger partial charge in [0, 0.05) is 18.5 Å². The van der Waals surface area contributed by atoms with Crippen LogP contribution in [0.4, 0.5) is 4.79 Å². The van der Waals surface area contributed by atoms with Crippen LogP contribution in [0.5, 0.6) is 0 Å². The smallest absolute Gasteiger partial charge is 0.325 e. The van der Waals surface area contributed by atoms with Crippen LogP contribution in [0.1, 0.15) is 19.1 Å². The number of furan rings is 1. The maximum Gasteiger partial charge on any atom is 0.325 e. The van der Waals surface area contributed by atoms with Gasteiger partial charge in [-0.3, -0.25) is 14.5 Å². The van der Waals surface area contributed by atoms with Crippen molar-refractivity contribution < 1.29 is 27.2 Å². The molecule has 29 heavy (non-hydrogen) atoms. The van der Waals surface area contributed by atoms with Crippen LogP contribution in [0.25, 0.3) is 11.0 Å². The summed E-state index contributed by atoms with van der Waals surface area (Å²) in [4.78, 5) is 40.2. The first-order chi connectivity index (χ1) is 13.6. The van der Waals surface area contributed by atoms with Crippen LogP contribution in [0.2, 0.25) is 0 Å². The number of sulfone groups is 1. The van der Waals surface area contributed by atoms with E-state index in [2.05, 4.69) is 5.32 Å². The molecule has 10 heteroatoms. The lowest BCUT2D eigenvalue weighted by Gasteiger charge is -2.25. The van der Waals surface area contributed by atoms with Crippen LogP contribution in [0, 0.1) is 0 Å². The second-order valence-electron chi connectivity index (χ2n) is 7.66. The average molecular weight is 419 g/mol. The molecule has 1 N–H and O–H groups in total. The molecule has 0 unspecified atom stereocenters. The fraction of sp³-hybridized carbons (Fsp3) is 0.421. The number of likely N-dealkylation sites (N-methyl/N-ethyl adjacent to an activating group) is 1. The normalized spacial score (nSPS) is 26.1. The van der Waals surface area contributed by atoms with Gasteiger partial charge in [0.1, 0.15) is 17.9 Å². The van der Waals surface area contributed by atoms with Gasteiger partial charge in [-0.1, -0.05) is 18.2 Å². The third-order valence-electron chi connectivity index (χ3n) is 5.64. The summed E-state index contributed by atoms with van der Waals surface area (Å²) in [6.07, 6.45) is 0.349. The Balaban J connectivity index is 1.52. The number of imide groups is 1. The summed E-state index contributed by atoms with van der Waals surface area (Å²) in [5.41, 5.74) is -0.839. The van der Waals surface area contributed by atoms with Gasteiger partial charge in [-0.25, -0.2) is 13.2 Å². The number of amides is 4. The summed E-state index contributed by atoms with van der Waals surface area (Å²) < 4.78 is 29.1. The number of rotatable bonds is 4. The van der Waals surface area contributed by atoms with Gasteiger partial charge in [-0.15, -0.1) is 0 Å². The Morgan fingerprint density at radius 2 is 2.07 bits per heavy atom. The first kappa shape index (κ1) is 19.4. The highest BCUT2D eigenvalue weighted by molar-refractivity contribution is 7.91. The van der Waals surface area contributed by atoms with E-state index in [9.17, 15) is 22.8 Å². The highest BCUT2D eigenvalue weighted by atomic mass is 32.2. The van der Waals surface area contributed by atoms with Crippen LogP contribution in [0.3, 0.4) is 0 Å². The van der Waals surface area contributed by atoms with Gasteiger partial charge in [0.05, 0.1) is 11.5 Å². The Morgan fingerprint density at radius 1 is 1.34 bits per heavy atom. The zero-order valence-corrected chi connectivity index (χ0v) is 16.9. The molecular weight excluding hydrogens is 398 g/mol. The van der Waals surface area contributed by atoms with Crippen molar-refractivity contribution in [1.29, 1.82) is 0 Å². The molecule has 2 aliphatic heterocycles. The van der Waals surface area contributed by atoms with E-state index in [1.165, 1.54) is 18.9 Å². The van der Waals surface area contributed by atoms with Gasteiger partial charge in [-0.2, -0.15) is 0 Å². The van der Waals surface area contributed by atoms with Crippen LogP contribution < -0.4 is 5.32 Å². The van der Waals surface area contributed by atoms with Crippen molar-refractivity contribution in [3.05, 3.63) is 36.1 Å². The number of benzene rings is 1. The zero-order chi connectivity index (χ0) is 21.0. The van der Waals surface area contributed by atoms with Gasteiger partial charge < -0.3 is 14.6 Å². The van der Waals surface area contributed by atoms with E-state index in [1.807, 2.05) is 12.1 Å². The number of carbonyl (C=O) groups excluding carboxylic acids is 3. The molecule has 1 aromatic carbocycles. The third kappa shape index (κ3) is 3.27. The number of para-hydroxylation sites is 1. The second kappa shape index (κ2) is 6.58. The van der Waals surface area contributed by atoms with Gasteiger partial charge in [-0.05, 0) is 25.5 Å². The molecule has 4 amide bonds. The lowest BCUT2D eigenvalue weighted by Crippen LogP contribution is -2.46. The van der Waals surface area contributed by atoms with Crippen molar-refractivity contribution >= 4 is 38.7 Å². The Kier molecular flexibility index (Phi) is 4.41. The molecule has 2 atom stereocenters. The van der Waals surface area contributed by atoms with E-state index in [0.717, 1.165) is 10.3 Å². The standard InChI is InChI=1S/C19H21N3O6S/c1-19(15-9-12-5-3-4-6-14(12)28-15)17(24)22(18(25)20-19)10-16(23)21(2)13-7-8-29(26,27)11-13/h3-6,9,13H,7-8,10-11H2,1-2H3,(H,20,25)/t13-,19-/m0/s1. The Bertz CT molecular complexity index is 1090. The zero-order valence-electron chi connectivity index (χ0n) is 16.0. The molecule has 0 aliphatic carbocycles. The molecule has 2 aliphatic rings. The molecule has 0 spiro atoms. The molecule has 0 bridgehead atoms. The van der Waals surface area contributed by atoms with Crippen molar-refractivity contribution in [3.8, 4) is 0 Å².